The summed E-state index contributed by atoms with van der Waals surface area (Å²) in [6.45, 7) is 3.72. The van der Waals surface area contributed by atoms with Gasteiger partial charge in [-0.05, 0) is 30.0 Å². The fraction of sp³-hybridized carbons (Fsp3) is 0.409. The van der Waals surface area contributed by atoms with Crippen molar-refractivity contribution in [2.75, 3.05) is 12.4 Å². The van der Waals surface area contributed by atoms with Crippen molar-refractivity contribution in [3.8, 4) is 0 Å². The largest absolute Gasteiger partial charge is 0.480 e. The Morgan fingerprint density at radius 2 is 1.78 bits per heavy atom. The summed E-state index contributed by atoms with van der Waals surface area (Å²) in [6.07, 6.45) is 0.783. The molecule has 1 aromatic heterocycles. The van der Waals surface area contributed by atoms with Crippen LogP contribution < -0.4 is 10.6 Å². The van der Waals surface area contributed by atoms with E-state index in [0.717, 1.165) is 5.56 Å². The fourth-order valence-corrected chi connectivity index (χ4v) is 4.80. The van der Waals surface area contributed by atoms with Crippen molar-refractivity contribution in [2.24, 2.45) is 11.8 Å². The smallest absolute Gasteiger partial charge is 0.326 e. The molecule has 0 aliphatic carbocycles. The molecule has 0 spiro atoms. The predicted octanol–water partition coefficient (Wildman–Crippen LogP) is 2.71. The molecule has 0 saturated heterocycles. The lowest BCUT2D eigenvalue weighted by molar-refractivity contribution is -0.142. The summed E-state index contributed by atoms with van der Waals surface area (Å²) in [7, 11) is -3.93. The van der Waals surface area contributed by atoms with Crippen LogP contribution in [0.1, 0.15) is 36.4 Å². The summed E-state index contributed by atoms with van der Waals surface area (Å²) in [4.78, 5) is 46.9. The number of aliphatic carboxylic acids is 1. The van der Waals surface area contributed by atoms with Gasteiger partial charge in [-0.2, -0.15) is 0 Å². The topological polar surface area (TPSA) is 146 Å². The zero-order chi connectivity index (χ0) is 23.7. The summed E-state index contributed by atoms with van der Waals surface area (Å²) in [6, 6.07) is 10.6. The number of amides is 2. The Balaban J connectivity index is 2.04. The first-order valence-electron chi connectivity index (χ1n) is 10.3. The summed E-state index contributed by atoms with van der Waals surface area (Å²) >= 11 is 0. The standard InChI is InChI=1S/C22H29N2O7P/c1-15(2)11-17(13-32(29,30)14-23-21(26)19-9-6-10-31-19)20(25)24-18(22(27)28)12-16-7-4-3-5-8-16/h3-10,15,17-18H,11-14H2,1-2H3,(H,23,26)(H,24,25)(H,27,28)(H,29,30)/t17?,18-/m0/s1. The van der Waals surface area contributed by atoms with Gasteiger partial charge in [-0.1, -0.05) is 44.2 Å². The first kappa shape index (κ1) is 25.4. The molecular weight excluding hydrogens is 435 g/mol. The van der Waals surface area contributed by atoms with Gasteiger partial charge in [0.15, 0.2) is 5.76 Å². The highest BCUT2D eigenvalue weighted by molar-refractivity contribution is 7.58. The van der Waals surface area contributed by atoms with Crippen LogP contribution in [-0.4, -0.2) is 46.3 Å². The third-order valence-electron chi connectivity index (χ3n) is 4.76. The molecule has 1 heterocycles. The average molecular weight is 464 g/mol. The van der Waals surface area contributed by atoms with Crippen LogP contribution in [0.4, 0.5) is 0 Å². The van der Waals surface area contributed by atoms with E-state index in [9.17, 15) is 28.9 Å². The normalized spacial score (nSPS) is 14.9. The van der Waals surface area contributed by atoms with Gasteiger partial charge in [0.1, 0.15) is 6.04 Å². The molecule has 9 nitrogen and oxygen atoms in total. The number of hydrogen-bond acceptors (Lipinski definition) is 5. The van der Waals surface area contributed by atoms with Gasteiger partial charge in [0.2, 0.25) is 13.3 Å². The number of benzene rings is 1. The number of rotatable bonds is 12. The zero-order valence-corrected chi connectivity index (χ0v) is 19.0. The highest BCUT2D eigenvalue weighted by Gasteiger charge is 2.32. The van der Waals surface area contributed by atoms with Crippen molar-refractivity contribution in [2.45, 2.75) is 32.7 Å². The number of carbonyl (C=O) groups is 3. The Morgan fingerprint density at radius 3 is 2.34 bits per heavy atom. The van der Waals surface area contributed by atoms with Gasteiger partial charge < -0.3 is 25.1 Å². The van der Waals surface area contributed by atoms with E-state index in [2.05, 4.69) is 10.6 Å². The summed E-state index contributed by atoms with van der Waals surface area (Å²) in [5.74, 6) is -3.28. The third-order valence-corrected chi connectivity index (χ3v) is 6.42. The first-order valence-corrected chi connectivity index (χ1v) is 12.3. The maximum atomic E-state index is 12.9. The van der Waals surface area contributed by atoms with Crippen molar-refractivity contribution in [1.82, 2.24) is 10.6 Å². The van der Waals surface area contributed by atoms with Crippen LogP contribution >= 0.6 is 7.37 Å². The molecule has 0 radical (unpaired) electrons. The second-order valence-electron chi connectivity index (χ2n) is 8.09. The molecule has 0 aliphatic rings. The average Bonchev–Trinajstić information content (AvgIpc) is 3.26. The van der Waals surface area contributed by atoms with Gasteiger partial charge in [-0.15, -0.1) is 0 Å². The van der Waals surface area contributed by atoms with E-state index < -0.39 is 43.4 Å². The number of carboxylic acids is 1. The molecule has 0 bridgehead atoms. The number of carboxylic acid groups (broad SMARTS) is 1. The number of furan rings is 1. The Kier molecular flexibility index (Phi) is 9.23. The minimum Gasteiger partial charge on any atom is -0.480 e. The maximum absolute atomic E-state index is 12.9. The van der Waals surface area contributed by atoms with Gasteiger partial charge in [-0.3, -0.25) is 14.2 Å². The van der Waals surface area contributed by atoms with Crippen LogP contribution in [0, 0.1) is 11.8 Å². The number of nitrogens with one attached hydrogen (secondary N) is 2. The zero-order valence-electron chi connectivity index (χ0n) is 18.1. The lowest BCUT2D eigenvalue weighted by Gasteiger charge is -2.24. The van der Waals surface area contributed by atoms with E-state index in [4.69, 9.17) is 4.42 Å². The second-order valence-corrected chi connectivity index (χ2v) is 10.5. The van der Waals surface area contributed by atoms with Gasteiger partial charge in [-0.25, -0.2) is 4.79 Å². The Bertz CT molecular complexity index is 944. The first-order chi connectivity index (χ1) is 15.1. The molecule has 2 amide bonds. The molecule has 0 fully saturated rings. The molecule has 0 saturated carbocycles. The van der Waals surface area contributed by atoms with E-state index >= 15 is 0 Å². The molecule has 32 heavy (non-hydrogen) atoms. The molecule has 0 aliphatic heterocycles. The Hall–Kier alpha value is -2.90. The lowest BCUT2D eigenvalue weighted by Crippen LogP contribution is -2.46. The molecule has 1 aromatic carbocycles. The van der Waals surface area contributed by atoms with Crippen LogP contribution in [-0.2, 0) is 20.6 Å². The second kappa shape index (κ2) is 11.6. The highest BCUT2D eigenvalue weighted by Crippen LogP contribution is 2.42. The van der Waals surface area contributed by atoms with Crippen LogP contribution in [0.5, 0.6) is 0 Å². The lowest BCUT2D eigenvalue weighted by atomic mass is 9.97. The molecule has 2 rings (SSSR count). The van der Waals surface area contributed by atoms with E-state index in [1.165, 1.54) is 18.4 Å². The maximum Gasteiger partial charge on any atom is 0.326 e. The predicted molar refractivity (Wildman–Crippen MR) is 118 cm³/mol. The summed E-state index contributed by atoms with van der Waals surface area (Å²) < 4.78 is 17.7. The Labute approximate surface area is 186 Å². The number of carbonyl (C=O) groups excluding carboxylic acids is 2. The van der Waals surface area contributed by atoms with Crippen LogP contribution in [0.3, 0.4) is 0 Å². The van der Waals surface area contributed by atoms with Crippen LogP contribution in [0.15, 0.2) is 53.1 Å². The quantitative estimate of drug-likeness (QED) is 0.353. The van der Waals surface area contributed by atoms with Crippen molar-refractivity contribution in [3.63, 3.8) is 0 Å². The molecule has 2 unspecified atom stereocenters. The van der Waals surface area contributed by atoms with Crippen molar-refractivity contribution in [1.29, 1.82) is 0 Å². The number of hydrogen-bond donors (Lipinski definition) is 4. The van der Waals surface area contributed by atoms with E-state index in [1.54, 1.807) is 30.3 Å². The molecule has 3 atom stereocenters. The molecule has 2 aromatic rings. The Morgan fingerprint density at radius 1 is 1.09 bits per heavy atom. The third kappa shape index (κ3) is 8.32. The minimum atomic E-state index is -3.93. The van der Waals surface area contributed by atoms with Gasteiger partial charge in [0.05, 0.1) is 12.5 Å². The molecule has 4 N–H and O–H groups in total. The van der Waals surface area contributed by atoms with Gasteiger partial charge in [0.25, 0.3) is 5.91 Å². The van der Waals surface area contributed by atoms with Crippen molar-refractivity contribution < 1.29 is 33.4 Å². The SMILES string of the molecule is CC(C)CC(CP(=O)(O)CNC(=O)c1ccco1)C(=O)N[C@@H](Cc1ccccc1)C(=O)O. The van der Waals surface area contributed by atoms with Crippen LogP contribution in [0.2, 0.25) is 0 Å². The molecule has 10 heteroatoms. The van der Waals surface area contributed by atoms with E-state index in [0.29, 0.717) is 6.42 Å². The molecular formula is C22H29N2O7P. The monoisotopic (exact) mass is 464 g/mol. The fourth-order valence-electron chi connectivity index (χ4n) is 3.27. The van der Waals surface area contributed by atoms with Crippen molar-refractivity contribution in [3.05, 3.63) is 60.1 Å². The minimum absolute atomic E-state index is 0.00619. The summed E-state index contributed by atoms with van der Waals surface area (Å²) in [5.41, 5.74) is 0.745. The van der Waals surface area contributed by atoms with E-state index in [1.807, 2.05) is 13.8 Å². The van der Waals surface area contributed by atoms with Crippen LogP contribution in [0.25, 0.3) is 0 Å². The van der Waals surface area contributed by atoms with Gasteiger partial charge in [0, 0.05) is 18.5 Å². The highest BCUT2D eigenvalue weighted by atomic mass is 31.2. The molecule has 174 valence electrons. The van der Waals surface area contributed by atoms with E-state index in [-0.39, 0.29) is 24.3 Å². The van der Waals surface area contributed by atoms with Gasteiger partial charge >= 0.3 is 5.97 Å². The summed E-state index contributed by atoms with van der Waals surface area (Å²) in [5, 5.41) is 14.4. The van der Waals surface area contributed by atoms with Crippen molar-refractivity contribution >= 4 is 25.2 Å².